The lowest BCUT2D eigenvalue weighted by molar-refractivity contribution is -0.221. The number of ketones is 4. The number of hydrogen-bond donors (Lipinski definition) is 5. The van der Waals surface area contributed by atoms with Crippen LogP contribution in [0.1, 0.15) is 68.8 Å². The van der Waals surface area contributed by atoms with E-state index in [2.05, 4.69) is 0 Å². The van der Waals surface area contributed by atoms with Crippen molar-refractivity contribution in [3.8, 4) is 17.2 Å². The highest BCUT2D eigenvalue weighted by molar-refractivity contribution is 6.31. The second-order valence-corrected chi connectivity index (χ2v) is 9.95. The minimum absolute atomic E-state index is 0.0601. The molecule has 0 spiro atoms. The van der Waals surface area contributed by atoms with Crippen LogP contribution in [-0.2, 0) is 25.5 Å². The van der Waals surface area contributed by atoms with Crippen LogP contribution in [0, 0.1) is 0 Å². The van der Waals surface area contributed by atoms with E-state index in [1.54, 1.807) is 0 Å². The van der Waals surface area contributed by atoms with Gasteiger partial charge in [0.15, 0.2) is 23.6 Å². The molecule has 0 bridgehead atoms. The van der Waals surface area contributed by atoms with Gasteiger partial charge in [-0.2, -0.15) is 0 Å². The molecule has 3 unspecified atom stereocenters. The first-order valence-electron chi connectivity index (χ1n) is 12.3. The van der Waals surface area contributed by atoms with Crippen LogP contribution >= 0.6 is 0 Å². The SMILES string of the molecule is COc1cccc2c1C(=O)c1c(O)c3c(c(O)c1C2=O)C[C@@](O)(C(=O)CO)C[C@@H]3OC1CC(N)C(=O)C(C)O1. The molecule has 1 heterocycles. The van der Waals surface area contributed by atoms with Crippen LogP contribution in [0.25, 0.3) is 0 Å². The van der Waals surface area contributed by atoms with Gasteiger partial charge in [0, 0.05) is 36.0 Å². The van der Waals surface area contributed by atoms with Crippen LogP contribution in [0.5, 0.6) is 17.2 Å². The van der Waals surface area contributed by atoms with Crippen LogP contribution in [0.3, 0.4) is 0 Å². The smallest absolute Gasteiger partial charge is 0.202 e. The number of methoxy groups -OCH3 is 1. The van der Waals surface area contributed by atoms with Crippen LogP contribution in [0.15, 0.2) is 18.2 Å². The summed E-state index contributed by atoms with van der Waals surface area (Å²) in [5.41, 5.74) is 2.17. The highest BCUT2D eigenvalue weighted by Gasteiger charge is 2.50. The van der Waals surface area contributed by atoms with Crippen molar-refractivity contribution in [3.05, 3.63) is 51.6 Å². The molecule has 3 aliphatic rings. The zero-order chi connectivity index (χ0) is 28.4. The van der Waals surface area contributed by atoms with Crippen LogP contribution in [0.4, 0.5) is 0 Å². The molecule has 5 atom stereocenters. The summed E-state index contributed by atoms with van der Waals surface area (Å²) in [5, 5.41) is 43.5. The lowest BCUT2D eigenvalue weighted by Gasteiger charge is -2.41. The lowest BCUT2D eigenvalue weighted by Crippen LogP contribution is -2.51. The molecule has 1 saturated heterocycles. The average Bonchev–Trinajstić information content (AvgIpc) is 2.90. The summed E-state index contributed by atoms with van der Waals surface area (Å²) in [7, 11) is 1.32. The monoisotopic (exact) mass is 541 g/mol. The predicted molar refractivity (Wildman–Crippen MR) is 131 cm³/mol. The van der Waals surface area contributed by atoms with E-state index in [9.17, 15) is 39.6 Å². The van der Waals surface area contributed by atoms with E-state index in [0.717, 1.165) is 0 Å². The van der Waals surface area contributed by atoms with Crippen molar-refractivity contribution in [1.82, 2.24) is 0 Å². The third-order valence-corrected chi connectivity index (χ3v) is 7.62. The first-order valence-corrected chi connectivity index (χ1v) is 12.3. The molecule has 0 saturated carbocycles. The largest absolute Gasteiger partial charge is 0.507 e. The molecule has 0 amide bonds. The minimum atomic E-state index is -2.26. The molecular weight excluding hydrogens is 514 g/mol. The first kappa shape index (κ1) is 26.9. The van der Waals surface area contributed by atoms with Gasteiger partial charge in [0.2, 0.25) is 5.78 Å². The summed E-state index contributed by atoms with van der Waals surface area (Å²) in [6, 6.07) is 3.42. The summed E-state index contributed by atoms with van der Waals surface area (Å²) in [6.45, 7) is 0.449. The number of phenolic OH excluding ortho intramolecular Hbond substituents is 2. The van der Waals surface area contributed by atoms with Crippen molar-refractivity contribution in [2.24, 2.45) is 5.73 Å². The molecule has 1 aliphatic heterocycles. The van der Waals surface area contributed by atoms with Gasteiger partial charge >= 0.3 is 0 Å². The van der Waals surface area contributed by atoms with E-state index < -0.39 is 89.6 Å². The van der Waals surface area contributed by atoms with Gasteiger partial charge < -0.3 is 40.4 Å². The number of Topliss-reactive ketones (excluding diaryl/α,β-unsaturated/α-hetero) is 2. The number of rotatable bonds is 5. The topological polar surface area (TPSA) is 203 Å². The summed E-state index contributed by atoms with van der Waals surface area (Å²) in [4.78, 5) is 51.8. The number of benzene rings is 2. The van der Waals surface area contributed by atoms with E-state index >= 15 is 0 Å². The van der Waals surface area contributed by atoms with E-state index in [1.807, 2.05) is 0 Å². The Morgan fingerprint density at radius 3 is 2.46 bits per heavy atom. The Hall–Kier alpha value is -3.68. The predicted octanol–water partition coefficient (Wildman–Crippen LogP) is 0.209. The Morgan fingerprint density at radius 2 is 1.82 bits per heavy atom. The number of hydrogen-bond acceptors (Lipinski definition) is 12. The van der Waals surface area contributed by atoms with E-state index in [1.165, 1.54) is 32.2 Å². The van der Waals surface area contributed by atoms with Gasteiger partial charge in [0.25, 0.3) is 0 Å². The summed E-state index contributed by atoms with van der Waals surface area (Å²) in [5.74, 6) is -4.20. The maximum absolute atomic E-state index is 13.6. The first-order chi connectivity index (χ1) is 18.4. The number of aliphatic hydroxyl groups is 2. The molecule has 6 N–H and O–H groups in total. The van der Waals surface area contributed by atoms with Crippen LogP contribution in [0.2, 0.25) is 0 Å². The van der Waals surface area contributed by atoms with Gasteiger partial charge in [-0.05, 0) is 13.0 Å². The molecule has 0 aromatic heterocycles. The van der Waals surface area contributed by atoms with Crippen molar-refractivity contribution < 1.29 is 53.8 Å². The normalized spacial score (nSPS) is 28.0. The molecule has 5 rings (SSSR count). The molecule has 12 nitrogen and oxygen atoms in total. The number of phenols is 2. The van der Waals surface area contributed by atoms with Crippen molar-refractivity contribution in [2.75, 3.05) is 13.7 Å². The van der Waals surface area contributed by atoms with Gasteiger partial charge in [-0.25, -0.2) is 0 Å². The Labute approximate surface area is 221 Å². The molecule has 1 fully saturated rings. The number of nitrogens with two attached hydrogens (primary N) is 1. The maximum atomic E-state index is 13.6. The molecule has 2 aromatic rings. The Morgan fingerprint density at radius 1 is 1.13 bits per heavy atom. The fraction of sp³-hybridized carbons (Fsp3) is 0.407. The van der Waals surface area contributed by atoms with Crippen molar-refractivity contribution in [2.45, 2.75) is 56.3 Å². The van der Waals surface area contributed by atoms with Crippen LogP contribution in [-0.4, -0.2) is 81.3 Å². The van der Waals surface area contributed by atoms with E-state index in [-0.39, 0.29) is 40.2 Å². The highest BCUT2D eigenvalue weighted by atomic mass is 16.7. The fourth-order valence-electron chi connectivity index (χ4n) is 5.64. The number of carbonyl (C=O) groups excluding carboxylic acids is 4. The molecular formula is C27H27NO11. The minimum Gasteiger partial charge on any atom is -0.507 e. The number of aromatic hydroxyl groups is 2. The number of carbonyl (C=O) groups is 4. The van der Waals surface area contributed by atoms with Gasteiger partial charge in [-0.15, -0.1) is 0 Å². The zero-order valence-electron chi connectivity index (χ0n) is 21.1. The summed E-state index contributed by atoms with van der Waals surface area (Å²) in [6.07, 6.45) is -4.57. The number of fused-ring (bicyclic) bond motifs is 3. The molecule has 2 aliphatic carbocycles. The Bertz CT molecular complexity index is 1420. The number of aliphatic hydroxyl groups excluding tert-OH is 1. The molecule has 0 radical (unpaired) electrons. The molecule has 2 aromatic carbocycles. The highest BCUT2D eigenvalue weighted by Crippen LogP contribution is 2.52. The molecule has 12 heteroatoms. The van der Waals surface area contributed by atoms with Crippen LogP contribution < -0.4 is 10.5 Å². The number of ether oxygens (including phenoxy) is 3. The second-order valence-electron chi connectivity index (χ2n) is 9.95. The van der Waals surface area contributed by atoms with Crippen molar-refractivity contribution >= 4 is 23.1 Å². The van der Waals surface area contributed by atoms with Gasteiger partial charge in [-0.3, -0.25) is 19.2 Å². The van der Waals surface area contributed by atoms with Crippen molar-refractivity contribution in [1.29, 1.82) is 0 Å². The molecule has 206 valence electrons. The zero-order valence-corrected chi connectivity index (χ0v) is 21.1. The summed E-state index contributed by atoms with van der Waals surface area (Å²) < 4.78 is 16.8. The Kier molecular flexibility index (Phi) is 6.56. The van der Waals surface area contributed by atoms with E-state index in [0.29, 0.717) is 0 Å². The van der Waals surface area contributed by atoms with Crippen molar-refractivity contribution in [3.63, 3.8) is 0 Å². The van der Waals surface area contributed by atoms with E-state index in [4.69, 9.17) is 19.9 Å². The van der Waals surface area contributed by atoms with Gasteiger partial charge in [0.05, 0.1) is 35.9 Å². The quantitative estimate of drug-likeness (QED) is 0.275. The Balaban J connectivity index is 1.69. The maximum Gasteiger partial charge on any atom is 0.202 e. The summed E-state index contributed by atoms with van der Waals surface area (Å²) >= 11 is 0. The standard InChI is InChI=1S/C27H27NO11/c1-10-22(31)13(28)6-17(38-10)39-15-8-27(36,16(30)9-29)7-12-19(15)26(35)21-20(24(12)33)23(32)11-4-3-5-14(37-2)18(11)25(21)34/h3-5,10,13,15,17,29,33,35-36H,6-9,28H2,1-2H3/t10?,13?,15-,17?,27-/m0/s1. The fourth-order valence-corrected chi connectivity index (χ4v) is 5.64. The average molecular weight is 542 g/mol. The van der Waals surface area contributed by atoms with Gasteiger partial charge in [0.1, 0.15) is 35.6 Å². The third kappa shape index (κ3) is 4.03. The lowest BCUT2D eigenvalue weighted by atomic mass is 9.72. The van der Waals surface area contributed by atoms with Gasteiger partial charge in [-0.1, -0.05) is 12.1 Å². The molecule has 39 heavy (non-hydrogen) atoms. The second kappa shape index (κ2) is 9.50. The third-order valence-electron chi connectivity index (χ3n) is 7.62.